The molecule has 10 nitrogen and oxygen atoms in total. The van der Waals surface area contributed by atoms with Crippen molar-refractivity contribution in [3.8, 4) is 22.8 Å². The molecule has 2 aromatic heterocycles. The van der Waals surface area contributed by atoms with Gasteiger partial charge in [-0.2, -0.15) is 5.10 Å². The quantitative estimate of drug-likeness (QED) is 0.455. The van der Waals surface area contributed by atoms with Crippen LogP contribution in [0, 0.1) is 5.82 Å². The number of rotatable bonds is 7. The maximum atomic E-state index is 14.1. The van der Waals surface area contributed by atoms with Crippen molar-refractivity contribution in [2.45, 2.75) is 6.10 Å². The highest BCUT2D eigenvalue weighted by molar-refractivity contribution is 5.76. The summed E-state index contributed by atoms with van der Waals surface area (Å²) in [6.45, 7) is 2.35. The predicted octanol–water partition coefficient (Wildman–Crippen LogP) is 1.71. The van der Waals surface area contributed by atoms with Crippen molar-refractivity contribution in [1.29, 1.82) is 0 Å². The zero-order valence-electron chi connectivity index (χ0n) is 16.3. The molecule has 0 saturated carbocycles. The normalized spacial score (nSPS) is 16.3. The van der Waals surface area contributed by atoms with Gasteiger partial charge in [-0.05, 0) is 0 Å². The fourth-order valence-corrected chi connectivity index (χ4v) is 3.06. The third-order valence-electron chi connectivity index (χ3n) is 4.45. The van der Waals surface area contributed by atoms with Crippen LogP contribution in [0.1, 0.15) is 0 Å². The lowest BCUT2D eigenvalue weighted by Gasteiger charge is -2.24. The molecule has 0 unspecified atom stereocenters. The maximum absolute atomic E-state index is 14.1. The molecule has 1 fully saturated rings. The van der Waals surface area contributed by atoms with Crippen molar-refractivity contribution in [2.24, 2.45) is 0 Å². The molecule has 1 atom stereocenters. The summed E-state index contributed by atoms with van der Waals surface area (Å²) in [7, 11) is 1.47. The Hall–Kier alpha value is -3.44. The molecule has 0 aliphatic carbocycles. The number of benzene rings is 1. The van der Waals surface area contributed by atoms with E-state index in [1.165, 1.54) is 31.6 Å². The van der Waals surface area contributed by atoms with Gasteiger partial charge in [-0.1, -0.05) is 0 Å². The molecule has 158 valence electrons. The Balaban J connectivity index is 1.58. The first-order valence-electron chi connectivity index (χ1n) is 9.35. The summed E-state index contributed by atoms with van der Waals surface area (Å²) >= 11 is 0. The summed E-state index contributed by atoms with van der Waals surface area (Å²) in [5.41, 5.74) is 6.68. The average molecular weight is 415 g/mol. The van der Waals surface area contributed by atoms with E-state index in [0.29, 0.717) is 53.4 Å². The summed E-state index contributed by atoms with van der Waals surface area (Å²) in [6.07, 6.45) is 2.81. The van der Waals surface area contributed by atoms with E-state index in [-0.39, 0.29) is 12.7 Å². The van der Waals surface area contributed by atoms with E-state index in [2.05, 4.69) is 30.8 Å². The van der Waals surface area contributed by atoms with Gasteiger partial charge in [0.05, 0.1) is 37.4 Å². The SMILES string of the molecule is COc1cc(F)cc(OC[C@@H]2CNCCO2)c1-c1cc(Nc2cnc(N)cn2)n[nH]1. The van der Waals surface area contributed by atoms with Gasteiger partial charge in [0.1, 0.15) is 41.7 Å². The molecule has 0 radical (unpaired) electrons. The number of halogens is 1. The Morgan fingerprint density at radius 3 is 2.83 bits per heavy atom. The van der Waals surface area contributed by atoms with Gasteiger partial charge < -0.3 is 30.6 Å². The fourth-order valence-electron chi connectivity index (χ4n) is 3.06. The van der Waals surface area contributed by atoms with Crippen LogP contribution in [0.15, 0.2) is 30.6 Å². The Morgan fingerprint density at radius 1 is 1.23 bits per heavy atom. The van der Waals surface area contributed by atoms with Gasteiger partial charge in [-0.3, -0.25) is 5.10 Å². The van der Waals surface area contributed by atoms with Crippen molar-refractivity contribution in [3.63, 3.8) is 0 Å². The Labute approximate surface area is 172 Å². The van der Waals surface area contributed by atoms with Gasteiger partial charge in [-0.15, -0.1) is 0 Å². The number of H-pyrrole nitrogens is 1. The summed E-state index contributed by atoms with van der Waals surface area (Å²) < 4.78 is 31.1. The van der Waals surface area contributed by atoms with Crippen molar-refractivity contribution in [3.05, 3.63) is 36.4 Å². The monoisotopic (exact) mass is 415 g/mol. The minimum absolute atomic E-state index is 0.121. The molecule has 1 aliphatic heterocycles. The van der Waals surface area contributed by atoms with E-state index < -0.39 is 5.82 Å². The van der Waals surface area contributed by atoms with Crippen molar-refractivity contribution in [1.82, 2.24) is 25.5 Å². The lowest BCUT2D eigenvalue weighted by molar-refractivity contribution is 0.000221. The number of nitrogen functional groups attached to an aromatic ring is 1. The van der Waals surface area contributed by atoms with E-state index in [9.17, 15) is 4.39 Å². The van der Waals surface area contributed by atoms with Crippen LogP contribution in [0.2, 0.25) is 0 Å². The van der Waals surface area contributed by atoms with Gasteiger partial charge in [0.15, 0.2) is 5.82 Å². The summed E-state index contributed by atoms with van der Waals surface area (Å²) in [6, 6.07) is 4.34. The molecule has 0 bridgehead atoms. The first kappa shape index (κ1) is 19.9. The molecular weight excluding hydrogens is 393 g/mol. The molecule has 5 N–H and O–H groups in total. The van der Waals surface area contributed by atoms with Crippen LogP contribution in [-0.4, -0.2) is 59.7 Å². The van der Waals surface area contributed by atoms with Crippen LogP contribution in [0.25, 0.3) is 11.3 Å². The van der Waals surface area contributed by atoms with Crippen molar-refractivity contribution < 1.29 is 18.6 Å². The van der Waals surface area contributed by atoms with Gasteiger partial charge >= 0.3 is 0 Å². The Kier molecular flexibility index (Phi) is 5.91. The Morgan fingerprint density at radius 2 is 2.10 bits per heavy atom. The highest BCUT2D eigenvalue weighted by Crippen LogP contribution is 2.39. The second kappa shape index (κ2) is 8.93. The first-order valence-corrected chi connectivity index (χ1v) is 9.35. The van der Waals surface area contributed by atoms with E-state index in [0.717, 1.165) is 6.54 Å². The van der Waals surface area contributed by atoms with Crippen LogP contribution in [-0.2, 0) is 4.74 Å². The van der Waals surface area contributed by atoms with Gasteiger partial charge in [0.25, 0.3) is 0 Å². The number of nitrogens with zero attached hydrogens (tertiary/aromatic N) is 3. The summed E-state index contributed by atoms with van der Waals surface area (Å²) in [5.74, 6) is 1.45. The fraction of sp³-hybridized carbons (Fsp3) is 0.316. The van der Waals surface area contributed by atoms with Gasteiger partial charge in [0, 0.05) is 31.3 Å². The molecule has 3 aromatic rings. The topological polar surface area (TPSA) is 132 Å². The van der Waals surface area contributed by atoms with E-state index >= 15 is 0 Å². The van der Waals surface area contributed by atoms with Crippen LogP contribution in [0.3, 0.4) is 0 Å². The molecule has 1 aromatic carbocycles. The van der Waals surface area contributed by atoms with Gasteiger partial charge in [-0.25, -0.2) is 14.4 Å². The second-order valence-corrected chi connectivity index (χ2v) is 6.61. The molecule has 1 saturated heterocycles. The number of ether oxygens (including phenoxy) is 3. The zero-order chi connectivity index (χ0) is 20.9. The zero-order valence-corrected chi connectivity index (χ0v) is 16.3. The third kappa shape index (κ3) is 4.58. The summed E-state index contributed by atoms with van der Waals surface area (Å²) in [5, 5.41) is 13.4. The number of nitrogens with two attached hydrogens (primary N) is 1. The summed E-state index contributed by atoms with van der Waals surface area (Å²) in [4.78, 5) is 8.10. The van der Waals surface area contributed by atoms with Crippen molar-refractivity contribution >= 4 is 17.5 Å². The number of aromatic nitrogens is 4. The lowest BCUT2D eigenvalue weighted by Crippen LogP contribution is -2.41. The predicted molar refractivity (Wildman–Crippen MR) is 108 cm³/mol. The number of anilines is 3. The molecule has 0 amide bonds. The molecule has 11 heteroatoms. The lowest BCUT2D eigenvalue weighted by atomic mass is 10.1. The molecule has 4 rings (SSSR count). The standard InChI is InChI=1S/C19H22FN7O3/c1-28-14-4-11(20)5-15(30-10-12-7-22-2-3-29-12)19(14)13-6-17(27-26-13)25-18-9-23-16(21)8-24-18/h4-6,8-9,12,22H,2-3,7,10H2,1H3,(H2,21,23)(H2,24,25,26,27)/t12-/m0/s1. The molecule has 30 heavy (non-hydrogen) atoms. The molecule has 3 heterocycles. The highest BCUT2D eigenvalue weighted by Gasteiger charge is 2.20. The first-order chi connectivity index (χ1) is 14.6. The smallest absolute Gasteiger partial charge is 0.153 e. The van der Waals surface area contributed by atoms with Gasteiger partial charge in [0.2, 0.25) is 0 Å². The van der Waals surface area contributed by atoms with E-state index in [1.807, 2.05) is 0 Å². The van der Waals surface area contributed by atoms with Crippen LogP contribution in [0.5, 0.6) is 11.5 Å². The molecule has 1 aliphatic rings. The number of hydrogen-bond donors (Lipinski definition) is 4. The molecule has 0 spiro atoms. The van der Waals surface area contributed by atoms with Crippen molar-refractivity contribution in [2.75, 3.05) is 44.5 Å². The largest absolute Gasteiger partial charge is 0.496 e. The number of morpholine rings is 1. The number of aromatic amines is 1. The van der Waals surface area contributed by atoms with Crippen LogP contribution >= 0.6 is 0 Å². The van der Waals surface area contributed by atoms with E-state index in [1.54, 1.807) is 6.07 Å². The highest BCUT2D eigenvalue weighted by atomic mass is 19.1. The maximum Gasteiger partial charge on any atom is 0.153 e. The average Bonchev–Trinajstić information content (AvgIpc) is 3.22. The number of methoxy groups -OCH3 is 1. The minimum atomic E-state index is -0.469. The number of nitrogens with one attached hydrogen (secondary N) is 3. The Bertz CT molecular complexity index is 990. The second-order valence-electron chi connectivity index (χ2n) is 6.61. The minimum Gasteiger partial charge on any atom is -0.496 e. The van der Waals surface area contributed by atoms with Crippen LogP contribution in [0.4, 0.5) is 21.8 Å². The van der Waals surface area contributed by atoms with Crippen LogP contribution < -0.4 is 25.8 Å². The van der Waals surface area contributed by atoms with E-state index in [4.69, 9.17) is 19.9 Å². The number of hydrogen-bond acceptors (Lipinski definition) is 9. The molecular formula is C19H22FN7O3. The third-order valence-corrected chi connectivity index (χ3v) is 4.45.